The number of fused-ring (bicyclic) bond motifs is 1. The van der Waals surface area contributed by atoms with Crippen molar-refractivity contribution < 1.29 is 9.53 Å². The molecule has 2 N–H and O–H groups in total. The quantitative estimate of drug-likeness (QED) is 0.138. The van der Waals surface area contributed by atoms with E-state index in [0.717, 1.165) is 22.0 Å². The van der Waals surface area contributed by atoms with E-state index in [4.69, 9.17) is 17.0 Å². The summed E-state index contributed by atoms with van der Waals surface area (Å²) < 4.78 is 5.73. The Hall–Kier alpha value is -4.03. The minimum absolute atomic E-state index is 0.353. The second-order valence-corrected chi connectivity index (χ2v) is 7.55. The van der Waals surface area contributed by atoms with Crippen LogP contribution in [0.1, 0.15) is 21.5 Å². The van der Waals surface area contributed by atoms with Crippen LogP contribution in [0, 0.1) is 6.92 Å². The van der Waals surface area contributed by atoms with Crippen LogP contribution in [-0.2, 0) is 0 Å². The topological polar surface area (TPSA) is 62.7 Å². The third-order valence-corrected chi connectivity index (χ3v) is 5.01. The molecule has 32 heavy (non-hydrogen) atoms. The number of hydrogen-bond acceptors (Lipinski definition) is 4. The van der Waals surface area contributed by atoms with Crippen molar-refractivity contribution in [3.8, 4) is 5.75 Å². The van der Waals surface area contributed by atoms with Crippen LogP contribution < -0.4 is 15.5 Å². The summed E-state index contributed by atoms with van der Waals surface area (Å²) in [7, 11) is 0. The molecule has 6 heteroatoms. The van der Waals surface area contributed by atoms with Gasteiger partial charge in [-0.25, -0.2) is 4.79 Å². The molecule has 0 unspecified atom stereocenters. The highest BCUT2D eigenvalue weighted by molar-refractivity contribution is 7.80. The summed E-state index contributed by atoms with van der Waals surface area (Å²) in [6.07, 6.45) is 1.61. The smallest absolute Gasteiger partial charge is 0.343 e. The van der Waals surface area contributed by atoms with E-state index in [1.165, 1.54) is 0 Å². The lowest BCUT2D eigenvalue weighted by Gasteiger charge is -2.11. The molecule has 0 atom stereocenters. The van der Waals surface area contributed by atoms with Gasteiger partial charge in [-0.3, -0.25) is 5.43 Å². The molecule has 0 aromatic heterocycles. The fourth-order valence-corrected chi connectivity index (χ4v) is 3.35. The summed E-state index contributed by atoms with van der Waals surface area (Å²) >= 11 is 5.30. The summed E-state index contributed by atoms with van der Waals surface area (Å²) in [5.74, 6) is -0.00841. The number of carbonyl (C=O) groups is 1. The molecular formula is C26H21N3O2S. The maximum atomic E-state index is 12.7. The van der Waals surface area contributed by atoms with Crippen molar-refractivity contribution in [2.75, 3.05) is 5.32 Å². The van der Waals surface area contributed by atoms with E-state index in [-0.39, 0.29) is 0 Å². The number of esters is 1. The molecule has 0 saturated carbocycles. The number of anilines is 1. The lowest BCUT2D eigenvalue weighted by Crippen LogP contribution is -2.23. The van der Waals surface area contributed by atoms with Gasteiger partial charge in [-0.1, -0.05) is 66.2 Å². The number of aryl methyl sites for hydroxylation is 1. The highest BCUT2D eigenvalue weighted by Crippen LogP contribution is 2.27. The van der Waals surface area contributed by atoms with Crippen LogP contribution in [-0.4, -0.2) is 17.3 Å². The van der Waals surface area contributed by atoms with Gasteiger partial charge in [0.15, 0.2) is 5.11 Å². The number of carbonyl (C=O) groups excluding carboxylic acids is 1. The monoisotopic (exact) mass is 439 g/mol. The molecule has 0 fully saturated rings. The minimum Gasteiger partial charge on any atom is -0.422 e. The fraction of sp³-hybridized carbons (Fsp3) is 0.0385. The molecule has 4 rings (SSSR count). The number of rotatable bonds is 5. The zero-order valence-electron chi connectivity index (χ0n) is 17.4. The molecule has 0 spiro atoms. The maximum Gasteiger partial charge on any atom is 0.343 e. The second kappa shape index (κ2) is 9.85. The first-order valence-corrected chi connectivity index (χ1v) is 10.5. The van der Waals surface area contributed by atoms with Gasteiger partial charge < -0.3 is 10.1 Å². The first kappa shape index (κ1) is 21.2. The highest BCUT2D eigenvalue weighted by atomic mass is 32.1. The molecular weight excluding hydrogens is 418 g/mol. The van der Waals surface area contributed by atoms with Crippen LogP contribution in [0.3, 0.4) is 0 Å². The minimum atomic E-state index is -0.427. The average Bonchev–Trinajstić information content (AvgIpc) is 2.81. The number of ether oxygens (including phenoxy) is 1. The number of hydrogen-bond donors (Lipinski definition) is 2. The lowest BCUT2D eigenvalue weighted by atomic mass is 10.0. The average molecular weight is 440 g/mol. The zero-order chi connectivity index (χ0) is 22.3. The largest absolute Gasteiger partial charge is 0.422 e. The molecule has 158 valence electrons. The Morgan fingerprint density at radius 3 is 2.41 bits per heavy atom. The van der Waals surface area contributed by atoms with Gasteiger partial charge in [0.1, 0.15) is 5.75 Å². The predicted octanol–water partition coefficient (Wildman–Crippen LogP) is 5.69. The SMILES string of the molecule is Cc1ccc(C(=O)Oc2ccc3ccccc3c2/C=N\NC(=S)Nc2ccccc2)cc1. The van der Waals surface area contributed by atoms with Crippen molar-refractivity contribution >= 4 is 46.0 Å². The second-order valence-electron chi connectivity index (χ2n) is 7.14. The molecule has 0 aliphatic heterocycles. The van der Waals surface area contributed by atoms with Gasteiger partial charge in [0.2, 0.25) is 0 Å². The standard InChI is InChI=1S/C26H21N3O2S/c1-18-11-13-20(14-12-18)25(30)31-24-16-15-19-7-5-6-10-22(19)23(24)17-27-29-26(32)28-21-8-3-2-4-9-21/h2-17H,1H3,(H2,28,29,32)/b27-17-. The lowest BCUT2D eigenvalue weighted by molar-refractivity contribution is 0.0734. The van der Waals surface area contributed by atoms with Crippen LogP contribution in [0.25, 0.3) is 10.8 Å². The Morgan fingerprint density at radius 1 is 0.906 bits per heavy atom. The van der Waals surface area contributed by atoms with Crippen LogP contribution in [0.5, 0.6) is 5.75 Å². The van der Waals surface area contributed by atoms with Crippen LogP contribution in [0.4, 0.5) is 5.69 Å². The Balaban J connectivity index is 1.57. The molecule has 4 aromatic rings. The summed E-state index contributed by atoms with van der Waals surface area (Å²) in [5, 5.41) is 9.60. The number of benzene rings is 4. The first-order valence-electron chi connectivity index (χ1n) is 10.1. The zero-order valence-corrected chi connectivity index (χ0v) is 18.2. The van der Waals surface area contributed by atoms with Crippen molar-refractivity contribution in [1.82, 2.24) is 5.43 Å². The molecule has 0 bridgehead atoms. The van der Waals surface area contributed by atoms with Crippen molar-refractivity contribution in [3.05, 3.63) is 108 Å². The Labute approximate surface area is 191 Å². The van der Waals surface area contributed by atoms with E-state index in [1.807, 2.05) is 79.7 Å². The normalized spacial score (nSPS) is 10.8. The van der Waals surface area contributed by atoms with Crippen LogP contribution >= 0.6 is 12.2 Å². The van der Waals surface area contributed by atoms with Gasteiger partial charge in [-0.15, -0.1) is 0 Å². The number of nitrogens with zero attached hydrogens (tertiary/aromatic N) is 1. The molecule has 0 aliphatic carbocycles. The van der Waals surface area contributed by atoms with Crippen molar-refractivity contribution in [2.45, 2.75) is 6.92 Å². The van der Waals surface area contributed by atoms with E-state index >= 15 is 0 Å². The molecule has 0 radical (unpaired) electrons. The Kier molecular flexibility index (Phi) is 6.53. The van der Waals surface area contributed by atoms with E-state index in [2.05, 4.69) is 15.8 Å². The Bertz CT molecular complexity index is 1290. The third-order valence-electron chi connectivity index (χ3n) is 4.81. The summed E-state index contributed by atoms with van der Waals surface area (Å²) in [5.41, 5.74) is 5.91. The number of nitrogens with one attached hydrogen (secondary N) is 2. The van der Waals surface area contributed by atoms with Gasteiger partial charge in [0.05, 0.1) is 11.8 Å². The van der Waals surface area contributed by atoms with Crippen molar-refractivity contribution in [3.63, 3.8) is 0 Å². The number of hydrazone groups is 1. The number of thiocarbonyl (C=S) groups is 1. The van der Waals surface area contributed by atoms with E-state index in [9.17, 15) is 4.79 Å². The summed E-state index contributed by atoms with van der Waals surface area (Å²) in [4.78, 5) is 12.7. The first-order chi connectivity index (χ1) is 15.6. The van der Waals surface area contributed by atoms with Gasteiger partial charge in [-0.05, 0) is 60.2 Å². The van der Waals surface area contributed by atoms with Gasteiger partial charge in [-0.2, -0.15) is 5.10 Å². The Morgan fingerprint density at radius 2 is 1.62 bits per heavy atom. The predicted molar refractivity (Wildman–Crippen MR) is 133 cm³/mol. The van der Waals surface area contributed by atoms with Crippen molar-refractivity contribution in [1.29, 1.82) is 0 Å². The molecule has 0 saturated heterocycles. The van der Waals surface area contributed by atoms with E-state index in [0.29, 0.717) is 22.0 Å². The van der Waals surface area contributed by atoms with Crippen LogP contribution in [0.15, 0.2) is 96.1 Å². The molecule has 0 aliphatic rings. The maximum absolute atomic E-state index is 12.7. The molecule has 0 amide bonds. The van der Waals surface area contributed by atoms with Crippen LogP contribution in [0.2, 0.25) is 0 Å². The number of para-hydroxylation sites is 1. The van der Waals surface area contributed by atoms with E-state index in [1.54, 1.807) is 24.4 Å². The summed E-state index contributed by atoms with van der Waals surface area (Å²) in [6.45, 7) is 1.97. The highest BCUT2D eigenvalue weighted by Gasteiger charge is 2.13. The fourth-order valence-electron chi connectivity index (χ4n) is 3.18. The van der Waals surface area contributed by atoms with Gasteiger partial charge in [0, 0.05) is 11.3 Å². The third kappa shape index (κ3) is 5.17. The molecule has 0 heterocycles. The van der Waals surface area contributed by atoms with E-state index < -0.39 is 5.97 Å². The van der Waals surface area contributed by atoms with Gasteiger partial charge >= 0.3 is 5.97 Å². The molecule has 5 nitrogen and oxygen atoms in total. The summed E-state index contributed by atoms with van der Waals surface area (Å²) in [6, 6.07) is 28.4. The van der Waals surface area contributed by atoms with Crippen molar-refractivity contribution in [2.24, 2.45) is 5.10 Å². The molecule has 4 aromatic carbocycles. The van der Waals surface area contributed by atoms with Gasteiger partial charge in [0.25, 0.3) is 0 Å².